The SMILES string of the molecule is COc1cccc(N2C(=O)C[C@@H](Nc3cccc(Cl)c3)C2=O)c1. The Morgan fingerprint density at radius 3 is 2.70 bits per heavy atom. The maximum atomic E-state index is 12.6. The van der Waals surface area contributed by atoms with Crippen LogP contribution >= 0.6 is 11.6 Å². The molecule has 1 aliphatic heterocycles. The van der Waals surface area contributed by atoms with Crippen LogP contribution in [0.15, 0.2) is 48.5 Å². The molecule has 2 amide bonds. The van der Waals surface area contributed by atoms with Crippen LogP contribution in [0.3, 0.4) is 0 Å². The van der Waals surface area contributed by atoms with Gasteiger partial charge in [-0.3, -0.25) is 9.59 Å². The normalized spacial score (nSPS) is 17.5. The van der Waals surface area contributed by atoms with E-state index in [0.29, 0.717) is 22.1 Å². The summed E-state index contributed by atoms with van der Waals surface area (Å²) in [5, 5.41) is 3.63. The van der Waals surface area contributed by atoms with E-state index in [1.54, 1.807) is 48.5 Å². The number of hydrogen-bond donors (Lipinski definition) is 1. The lowest BCUT2D eigenvalue weighted by Gasteiger charge is -2.16. The van der Waals surface area contributed by atoms with Gasteiger partial charge in [-0.15, -0.1) is 0 Å². The van der Waals surface area contributed by atoms with Crippen LogP contribution < -0.4 is 15.0 Å². The summed E-state index contributed by atoms with van der Waals surface area (Å²) < 4.78 is 5.14. The zero-order valence-electron chi connectivity index (χ0n) is 12.5. The van der Waals surface area contributed by atoms with E-state index in [1.807, 2.05) is 0 Å². The molecule has 1 saturated heterocycles. The summed E-state index contributed by atoms with van der Waals surface area (Å²) in [6.45, 7) is 0. The number of carbonyl (C=O) groups excluding carboxylic acids is 2. The molecule has 118 valence electrons. The van der Waals surface area contributed by atoms with E-state index >= 15 is 0 Å². The lowest BCUT2D eigenvalue weighted by Crippen LogP contribution is -2.34. The average Bonchev–Trinajstić information content (AvgIpc) is 2.81. The minimum absolute atomic E-state index is 0.0998. The van der Waals surface area contributed by atoms with Gasteiger partial charge in [0.15, 0.2) is 0 Å². The van der Waals surface area contributed by atoms with Gasteiger partial charge in [-0.1, -0.05) is 23.7 Å². The van der Waals surface area contributed by atoms with Crippen LogP contribution in [0.2, 0.25) is 5.02 Å². The predicted octanol–water partition coefficient (Wildman–Crippen LogP) is 3.09. The van der Waals surface area contributed by atoms with Gasteiger partial charge in [0.1, 0.15) is 11.8 Å². The fourth-order valence-electron chi connectivity index (χ4n) is 2.54. The van der Waals surface area contributed by atoms with Crippen molar-refractivity contribution in [2.45, 2.75) is 12.5 Å². The number of benzene rings is 2. The fraction of sp³-hybridized carbons (Fsp3) is 0.176. The lowest BCUT2D eigenvalue weighted by atomic mass is 10.2. The van der Waals surface area contributed by atoms with Gasteiger partial charge in [0.2, 0.25) is 5.91 Å². The Kier molecular flexibility index (Phi) is 4.21. The first-order valence-corrected chi connectivity index (χ1v) is 7.49. The number of rotatable bonds is 4. The smallest absolute Gasteiger partial charge is 0.256 e. The fourth-order valence-corrected chi connectivity index (χ4v) is 2.74. The Hall–Kier alpha value is -2.53. The monoisotopic (exact) mass is 330 g/mol. The zero-order chi connectivity index (χ0) is 16.4. The highest BCUT2D eigenvalue weighted by atomic mass is 35.5. The second-order valence-corrected chi connectivity index (χ2v) is 5.62. The van der Waals surface area contributed by atoms with Gasteiger partial charge in [-0.25, -0.2) is 4.90 Å². The molecule has 1 N–H and O–H groups in total. The van der Waals surface area contributed by atoms with Crippen molar-refractivity contribution in [3.8, 4) is 5.75 Å². The van der Waals surface area contributed by atoms with Crippen LogP contribution in [0.25, 0.3) is 0 Å². The molecule has 0 radical (unpaired) electrons. The molecule has 1 heterocycles. The molecule has 0 aliphatic carbocycles. The number of methoxy groups -OCH3 is 1. The van der Waals surface area contributed by atoms with Gasteiger partial charge in [0, 0.05) is 16.8 Å². The number of hydrogen-bond acceptors (Lipinski definition) is 4. The molecule has 0 aromatic heterocycles. The molecule has 0 unspecified atom stereocenters. The third-order valence-electron chi connectivity index (χ3n) is 3.62. The number of imide groups is 1. The van der Waals surface area contributed by atoms with E-state index < -0.39 is 6.04 Å². The highest BCUT2D eigenvalue weighted by Crippen LogP contribution is 2.28. The van der Waals surface area contributed by atoms with Crippen molar-refractivity contribution in [3.05, 3.63) is 53.6 Å². The first-order valence-electron chi connectivity index (χ1n) is 7.11. The molecule has 0 spiro atoms. The van der Waals surface area contributed by atoms with Crippen molar-refractivity contribution < 1.29 is 14.3 Å². The van der Waals surface area contributed by atoms with Gasteiger partial charge in [-0.05, 0) is 30.3 Å². The second-order valence-electron chi connectivity index (χ2n) is 5.18. The van der Waals surface area contributed by atoms with Crippen LogP contribution in [0.1, 0.15) is 6.42 Å². The largest absolute Gasteiger partial charge is 0.497 e. The maximum absolute atomic E-state index is 12.6. The minimum Gasteiger partial charge on any atom is -0.497 e. The molecule has 6 heteroatoms. The molecule has 0 saturated carbocycles. The first-order chi connectivity index (χ1) is 11.1. The van der Waals surface area contributed by atoms with E-state index in [4.69, 9.17) is 16.3 Å². The molecule has 1 atom stereocenters. The first kappa shape index (κ1) is 15.4. The molecule has 1 aliphatic rings. The summed E-state index contributed by atoms with van der Waals surface area (Å²) >= 11 is 5.94. The summed E-state index contributed by atoms with van der Waals surface area (Å²) in [7, 11) is 1.54. The Morgan fingerprint density at radius 2 is 1.96 bits per heavy atom. The molecule has 3 rings (SSSR count). The van der Waals surface area contributed by atoms with E-state index in [-0.39, 0.29) is 18.2 Å². The number of amides is 2. The zero-order valence-corrected chi connectivity index (χ0v) is 13.2. The van der Waals surface area contributed by atoms with Crippen LogP contribution in [-0.2, 0) is 9.59 Å². The number of halogens is 1. The van der Waals surface area contributed by atoms with E-state index in [1.165, 1.54) is 12.0 Å². The Morgan fingerprint density at radius 1 is 1.17 bits per heavy atom. The second kappa shape index (κ2) is 6.30. The molecule has 2 aromatic rings. The third kappa shape index (κ3) is 3.14. The van der Waals surface area contributed by atoms with E-state index in [2.05, 4.69) is 5.32 Å². The van der Waals surface area contributed by atoms with Crippen molar-refractivity contribution >= 4 is 34.8 Å². The molecule has 5 nitrogen and oxygen atoms in total. The van der Waals surface area contributed by atoms with Gasteiger partial charge in [-0.2, -0.15) is 0 Å². The number of carbonyl (C=O) groups is 2. The molecule has 2 aromatic carbocycles. The maximum Gasteiger partial charge on any atom is 0.256 e. The van der Waals surface area contributed by atoms with Crippen molar-refractivity contribution in [2.24, 2.45) is 0 Å². The minimum atomic E-state index is -0.604. The van der Waals surface area contributed by atoms with Crippen molar-refractivity contribution in [1.29, 1.82) is 0 Å². The standard InChI is InChI=1S/C17H15ClN2O3/c1-23-14-7-3-6-13(9-14)20-16(21)10-15(17(20)22)19-12-5-2-4-11(18)8-12/h2-9,15,19H,10H2,1H3/t15-/m1/s1. The van der Waals surface area contributed by atoms with Gasteiger partial charge >= 0.3 is 0 Å². The van der Waals surface area contributed by atoms with Crippen LogP contribution in [0.5, 0.6) is 5.75 Å². The van der Waals surface area contributed by atoms with Gasteiger partial charge < -0.3 is 10.1 Å². The number of anilines is 2. The van der Waals surface area contributed by atoms with E-state index in [9.17, 15) is 9.59 Å². The highest BCUT2D eigenvalue weighted by molar-refractivity contribution is 6.30. The average molecular weight is 331 g/mol. The quantitative estimate of drug-likeness (QED) is 0.875. The molecular weight excluding hydrogens is 316 g/mol. The Labute approximate surface area is 138 Å². The van der Waals surface area contributed by atoms with E-state index in [0.717, 1.165) is 0 Å². The predicted molar refractivity (Wildman–Crippen MR) is 89.0 cm³/mol. The van der Waals surface area contributed by atoms with Crippen LogP contribution in [0, 0.1) is 0 Å². The van der Waals surface area contributed by atoms with Crippen molar-refractivity contribution in [2.75, 3.05) is 17.3 Å². The summed E-state index contributed by atoms with van der Waals surface area (Å²) in [6, 6.07) is 13.3. The van der Waals surface area contributed by atoms with Crippen LogP contribution in [0.4, 0.5) is 11.4 Å². The molecule has 23 heavy (non-hydrogen) atoms. The Bertz CT molecular complexity index is 763. The highest BCUT2D eigenvalue weighted by Gasteiger charge is 2.39. The van der Waals surface area contributed by atoms with Crippen molar-refractivity contribution in [1.82, 2.24) is 0 Å². The Balaban J connectivity index is 1.82. The third-order valence-corrected chi connectivity index (χ3v) is 3.86. The lowest BCUT2D eigenvalue weighted by molar-refractivity contribution is -0.121. The van der Waals surface area contributed by atoms with Gasteiger partial charge in [0.25, 0.3) is 5.91 Å². The van der Waals surface area contributed by atoms with Crippen LogP contribution in [-0.4, -0.2) is 25.0 Å². The van der Waals surface area contributed by atoms with Gasteiger partial charge in [0.05, 0.1) is 19.2 Å². The summed E-state index contributed by atoms with van der Waals surface area (Å²) in [4.78, 5) is 26.0. The summed E-state index contributed by atoms with van der Waals surface area (Å²) in [6.07, 6.45) is 0.0998. The van der Waals surface area contributed by atoms with Crippen molar-refractivity contribution in [3.63, 3.8) is 0 Å². The topological polar surface area (TPSA) is 58.6 Å². The molecular formula is C17H15ClN2O3. The number of nitrogens with zero attached hydrogens (tertiary/aromatic N) is 1. The molecule has 1 fully saturated rings. The summed E-state index contributed by atoms with van der Waals surface area (Å²) in [5.41, 5.74) is 1.21. The molecule has 0 bridgehead atoms. The summed E-state index contributed by atoms with van der Waals surface area (Å²) in [5.74, 6) is 0.0559. The number of nitrogens with one attached hydrogen (secondary N) is 1. The number of ether oxygens (including phenoxy) is 1.